The summed E-state index contributed by atoms with van der Waals surface area (Å²) in [6.07, 6.45) is 0.925. The van der Waals surface area contributed by atoms with Gasteiger partial charge in [-0.1, -0.05) is 49.0 Å². The average Bonchev–Trinajstić information content (AvgIpc) is 3.15. The second kappa shape index (κ2) is 11.2. The maximum Gasteiger partial charge on any atom is 0.234 e. The van der Waals surface area contributed by atoms with Gasteiger partial charge < -0.3 is 14.8 Å². The van der Waals surface area contributed by atoms with Crippen LogP contribution in [0.5, 0.6) is 0 Å². The second-order valence-corrected chi connectivity index (χ2v) is 9.02. The number of hydrogen-bond donors (Lipinski definition) is 1. The van der Waals surface area contributed by atoms with Gasteiger partial charge in [-0.15, -0.1) is 10.2 Å². The molecule has 1 N–H and O–H groups in total. The summed E-state index contributed by atoms with van der Waals surface area (Å²) in [6.45, 7) is 2.82. The third kappa shape index (κ3) is 6.11. The third-order valence-corrected chi connectivity index (χ3v) is 6.20. The number of carbonyl (C=O) groups is 1. The Balaban J connectivity index is 1.73. The van der Waals surface area contributed by atoms with E-state index in [2.05, 4.69) is 58.1 Å². The number of aromatic nitrogens is 3. The van der Waals surface area contributed by atoms with Gasteiger partial charge in [-0.05, 0) is 50.3 Å². The van der Waals surface area contributed by atoms with Crippen molar-refractivity contribution in [3.63, 3.8) is 0 Å². The molecule has 7 nitrogen and oxygen atoms in total. The highest BCUT2D eigenvalue weighted by atomic mass is 32.2. The molecule has 0 aliphatic carbocycles. The molecule has 0 radical (unpaired) electrons. The minimum Gasteiger partial charge on any atom is -0.378 e. The van der Waals surface area contributed by atoms with Crippen molar-refractivity contribution in [1.29, 1.82) is 0 Å². The van der Waals surface area contributed by atoms with Crippen LogP contribution in [0.2, 0.25) is 0 Å². The van der Waals surface area contributed by atoms with E-state index in [9.17, 15) is 4.79 Å². The van der Waals surface area contributed by atoms with Gasteiger partial charge in [0.15, 0.2) is 11.0 Å². The molecule has 0 aliphatic heterocycles. The van der Waals surface area contributed by atoms with Gasteiger partial charge in [0, 0.05) is 25.5 Å². The maximum atomic E-state index is 12.6. The maximum absolute atomic E-state index is 12.6. The SMILES string of the molecule is CCC(c1nnc(SCC(=O)Nc2ccc(N(C)C)cc2)n1Cc1ccccc1)N(C)C. The highest BCUT2D eigenvalue weighted by Gasteiger charge is 2.22. The zero-order chi connectivity index (χ0) is 23.1. The van der Waals surface area contributed by atoms with Crippen molar-refractivity contribution >= 4 is 29.0 Å². The lowest BCUT2D eigenvalue weighted by Crippen LogP contribution is -2.23. The number of nitrogens with one attached hydrogen (secondary N) is 1. The van der Waals surface area contributed by atoms with E-state index in [1.54, 1.807) is 0 Å². The van der Waals surface area contributed by atoms with Crippen LogP contribution in [0.4, 0.5) is 11.4 Å². The Kier molecular flexibility index (Phi) is 8.30. The number of benzene rings is 2. The Morgan fingerprint density at radius 2 is 1.72 bits per heavy atom. The Bertz CT molecular complexity index is 1000. The minimum absolute atomic E-state index is 0.0666. The first kappa shape index (κ1) is 23.8. The van der Waals surface area contributed by atoms with Crippen LogP contribution in [0.15, 0.2) is 59.8 Å². The summed E-state index contributed by atoms with van der Waals surface area (Å²) in [7, 11) is 8.09. The molecule has 3 rings (SSSR count). The Morgan fingerprint density at radius 1 is 1.03 bits per heavy atom. The molecular formula is C24H32N6OS. The predicted molar refractivity (Wildman–Crippen MR) is 132 cm³/mol. The van der Waals surface area contributed by atoms with Gasteiger partial charge >= 0.3 is 0 Å². The first-order chi connectivity index (χ1) is 15.4. The summed E-state index contributed by atoms with van der Waals surface area (Å²) < 4.78 is 2.13. The zero-order valence-electron chi connectivity index (χ0n) is 19.4. The lowest BCUT2D eigenvalue weighted by atomic mass is 10.2. The van der Waals surface area contributed by atoms with E-state index in [1.165, 1.54) is 17.3 Å². The van der Waals surface area contributed by atoms with Crippen molar-refractivity contribution < 1.29 is 4.79 Å². The minimum atomic E-state index is -0.0666. The normalized spacial score (nSPS) is 12.1. The van der Waals surface area contributed by atoms with Crippen LogP contribution in [-0.4, -0.2) is 59.5 Å². The molecule has 0 saturated heterocycles. The van der Waals surface area contributed by atoms with Gasteiger partial charge in [-0.3, -0.25) is 9.69 Å². The molecule has 1 heterocycles. The number of carbonyl (C=O) groups excluding carboxylic acids is 1. The van der Waals surface area contributed by atoms with Gasteiger partial charge in [0.1, 0.15) is 0 Å². The molecule has 1 unspecified atom stereocenters. The molecule has 0 aliphatic rings. The van der Waals surface area contributed by atoms with Crippen molar-refractivity contribution in [1.82, 2.24) is 19.7 Å². The van der Waals surface area contributed by atoms with Crippen LogP contribution in [0, 0.1) is 0 Å². The number of thioether (sulfide) groups is 1. The molecule has 0 fully saturated rings. The highest BCUT2D eigenvalue weighted by molar-refractivity contribution is 7.99. The standard InChI is InChI=1S/C24H32N6OS/c1-6-21(29(4)5)23-26-27-24(30(23)16-18-10-8-7-9-11-18)32-17-22(31)25-19-12-14-20(15-13-19)28(2)3/h7-15,21H,6,16-17H2,1-5H3,(H,25,31). The number of nitrogens with zero attached hydrogens (tertiary/aromatic N) is 5. The summed E-state index contributed by atoms with van der Waals surface area (Å²) in [5.41, 5.74) is 3.05. The van der Waals surface area contributed by atoms with Crippen molar-refractivity contribution in [3.8, 4) is 0 Å². The number of amides is 1. The summed E-state index contributed by atoms with van der Waals surface area (Å²) >= 11 is 1.41. The topological polar surface area (TPSA) is 66.3 Å². The smallest absolute Gasteiger partial charge is 0.234 e. The van der Waals surface area contributed by atoms with Crippen LogP contribution >= 0.6 is 11.8 Å². The molecule has 2 aromatic carbocycles. The van der Waals surface area contributed by atoms with E-state index in [0.717, 1.165) is 28.8 Å². The summed E-state index contributed by atoms with van der Waals surface area (Å²) in [4.78, 5) is 16.8. The second-order valence-electron chi connectivity index (χ2n) is 8.08. The van der Waals surface area contributed by atoms with Gasteiger partial charge in [0.25, 0.3) is 0 Å². The molecule has 1 aromatic heterocycles. The van der Waals surface area contributed by atoms with E-state index in [4.69, 9.17) is 0 Å². The highest BCUT2D eigenvalue weighted by Crippen LogP contribution is 2.26. The van der Waals surface area contributed by atoms with E-state index >= 15 is 0 Å². The van der Waals surface area contributed by atoms with E-state index in [-0.39, 0.29) is 17.7 Å². The fourth-order valence-electron chi connectivity index (χ4n) is 3.52. The molecule has 0 bridgehead atoms. The monoisotopic (exact) mass is 452 g/mol. The Hall–Kier alpha value is -2.84. The third-order valence-electron chi connectivity index (χ3n) is 5.24. The number of rotatable bonds is 10. The molecule has 1 atom stereocenters. The van der Waals surface area contributed by atoms with Crippen LogP contribution < -0.4 is 10.2 Å². The lowest BCUT2D eigenvalue weighted by Gasteiger charge is -2.23. The molecule has 0 saturated carbocycles. The van der Waals surface area contributed by atoms with Gasteiger partial charge in [-0.2, -0.15) is 0 Å². The van der Waals surface area contributed by atoms with Crippen LogP contribution in [-0.2, 0) is 11.3 Å². The fraction of sp³-hybridized carbons (Fsp3) is 0.375. The fourth-order valence-corrected chi connectivity index (χ4v) is 4.26. The van der Waals surface area contributed by atoms with Crippen molar-refractivity contribution in [2.75, 3.05) is 44.2 Å². The first-order valence-electron chi connectivity index (χ1n) is 10.7. The largest absolute Gasteiger partial charge is 0.378 e. The van der Waals surface area contributed by atoms with Crippen LogP contribution in [0.25, 0.3) is 0 Å². The van der Waals surface area contributed by atoms with E-state index < -0.39 is 0 Å². The van der Waals surface area contributed by atoms with E-state index in [0.29, 0.717) is 6.54 Å². The van der Waals surface area contributed by atoms with Gasteiger partial charge in [0.2, 0.25) is 5.91 Å². The first-order valence-corrected chi connectivity index (χ1v) is 11.7. The number of anilines is 2. The number of hydrogen-bond acceptors (Lipinski definition) is 6. The predicted octanol–water partition coefficient (Wildman–Crippen LogP) is 4.14. The van der Waals surface area contributed by atoms with Gasteiger partial charge in [0.05, 0.1) is 18.3 Å². The van der Waals surface area contributed by atoms with E-state index in [1.807, 2.05) is 61.5 Å². The Labute approximate surface area is 194 Å². The molecule has 8 heteroatoms. The van der Waals surface area contributed by atoms with Crippen molar-refractivity contribution in [3.05, 3.63) is 66.0 Å². The van der Waals surface area contributed by atoms with Crippen molar-refractivity contribution in [2.24, 2.45) is 0 Å². The van der Waals surface area contributed by atoms with Gasteiger partial charge in [-0.25, -0.2) is 0 Å². The van der Waals surface area contributed by atoms with Crippen LogP contribution in [0.3, 0.4) is 0 Å². The lowest BCUT2D eigenvalue weighted by molar-refractivity contribution is -0.113. The summed E-state index contributed by atoms with van der Waals surface area (Å²) in [5.74, 6) is 1.12. The summed E-state index contributed by atoms with van der Waals surface area (Å²) in [5, 5.41) is 12.7. The molecule has 0 spiro atoms. The molecule has 32 heavy (non-hydrogen) atoms. The molecular weight excluding hydrogens is 420 g/mol. The molecule has 170 valence electrons. The molecule has 1 amide bonds. The summed E-state index contributed by atoms with van der Waals surface area (Å²) in [6, 6.07) is 18.2. The Morgan fingerprint density at radius 3 is 2.31 bits per heavy atom. The van der Waals surface area contributed by atoms with Crippen LogP contribution in [0.1, 0.15) is 30.8 Å². The average molecular weight is 453 g/mol. The molecule has 3 aromatic rings. The van der Waals surface area contributed by atoms with Crippen molar-refractivity contribution in [2.45, 2.75) is 31.1 Å². The quantitative estimate of drug-likeness (QED) is 0.467. The zero-order valence-corrected chi connectivity index (χ0v) is 20.3.